The van der Waals surface area contributed by atoms with Crippen LogP contribution in [-0.2, 0) is 4.74 Å². The highest BCUT2D eigenvalue weighted by atomic mass is 16.5. The molecule has 0 spiro atoms. The average Bonchev–Trinajstić information content (AvgIpc) is 2.70. The molecular formula is C9H19NO. The summed E-state index contributed by atoms with van der Waals surface area (Å²) in [6, 6.07) is 0.842. The van der Waals surface area contributed by atoms with Gasteiger partial charge in [-0.3, -0.25) is 0 Å². The highest BCUT2D eigenvalue weighted by Crippen LogP contribution is 2.18. The molecule has 1 saturated carbocycles. The zero-order chi connectivity index (χ0) is 8.10. The van der Waals surface area contributed by atoms with Crippen LogP contribution in [0.3, 0.4) is 0 Å². The van der Waals surface area contributed by atoms with Gasteiger partial charge in [0.2, 0.25) is 0 Å². The summed E-state index contributed by atoms with van der Waals surface area (Å²) in [6.07, 6.45) is 4.29. The molecule has 0 aromatic heterocycles. The molecule has 0 unspecified atom stereocenters. The van der Waals surface area contributed by atoms with Crippen molar-refractivity contribution in [3.05, 3.63) is 0 Å². The summed E-state index contributed by atoms with van der Waals surface area (Å²) in [4.78, 5) is 0. The van der Waals surface area contributed by atoms with Crippen molar-refractivity contribution in [2.24, 2.45) is 0 Å². The molecular weight excluding hydrogens is 138 g/mol. The van der Waals surface area contributed by atoms with E-state index in [9.17, 15) is 0 Å². The minimum Gasteiger partial charge on any atom is -0.379 e. The van der Waals surface area contributed by atoms with Crippen LogP contribution in [0.2, 0.25) is 0 Å². The molecule has 0 aliphatic heterocycles. The summed E-state index contributed by atoms with van der Waals surface area (Å²) in [5.74, 6) is 0. The molecule has 0 saturated heterocycles. The van der Waals surface area contributed by atoms with Crippen LogP contribution in [0, 0.1) is 0 Å². The Morgan fingerprint density at radius 1 is 1.45 bits per heavy atom. The first-order valence-electron chi connectivity index (χ1n) is 4.64. The van der Waals surface area contributed by atoms with Crippen molar-refractivity contribution in [1.82, 2.24) is 5.32 Å². The lowest BCUT2D eigenvalue weighted by atomic mass is 10.4. The molecule has 2 heteroatoms. The van der Waals surface area contributed by atoms with Gasteiger partial charge in [0.25, 0.3) is 0 Å². The summed E-state index contributed by atoms with van der Waals surface area (Å²) in [5, 5.41) is 3.45. The second kappa shape index (κ2) is 4.73. The van der Waals surface area contributed by atoms with Gasteiger partial charge in [0, 0.05) is 12.6 Å². The minimum absolute atomic E-state index is 0.385. The van der Waals surface area contributed by atoms with E-state index >= 15 is 0 Å². The quantitative estimate of drug-likeness (QED) is 0.591. The molecule has 0 aromatic carbocycles. The summed E-state index contributed by atoms with van der Waals surface area (Å²) >= 11 is 0. The molecule has 2 nitrogen and oxygen atoms in total. The lowest BCUT2D eigenvalue weighted by Gasteiger charge is -2.07. The predicted octanol–water partition coefficient (Wildman–Crippen LogP) is 1.55. The molecule has 0 radical (unpaired) electrons. The van der Waals surface area contributed by atoms with Gasteiger partial charge in [-0.2, -0.15) is 0 Å². The van der Waals surface area contributed by atoms with Crippen LogP contribution in [0.25, 0.3) is 0 Å². The van der Waals surface area contributed by atoms with Crippen LogP contribution < -0.4 is 5.32 Å². The Morgan fingerprint density at radius 2 is 2.18 bits per heavy atom. The van der Waals surface area contributed by atoms with Gasteiger partial charge in [0.1, 0.15) is 0 Å². The van der Waals surface area contributed by atoms with E-state index in [1.807, 2.05) is 0 Å². The lowest BCUT2D eigenvalue weighted by Crippen LogP contribution is -2.19. The van der Waals surface area contributed by atoms with E-state index in [4.69, 9.17) is 4.74 Å². The third kappa shape index (κ3) is 5.22. The summed E-state index contributed by atoms with van der Waals surface area (Å²) in [6.45, 7) is 6.18. The van der Waals surface area contributed by atoms with Crippen LogP contribution in [0.4, 0.5) is 0 Å². The zero-order valence-corrected chi connectivity index (χ0v) is 7.60. The second-order valence-electron chi connectivity index (χ2n) is 3.50. The van der Waals surface area contributed by atoms with Crippen molar-refractivity contribution in [2.75, 3.05) is 13.2 Å². The Bertz CT molecular complexity index is 95.7. The summed E-state index contributed by atoms with van der Waals surface area (Å²) in [5.41, 5.74) is 0. The fourth-order valence-corrected chi connectivity index (χ4v) is 0.985. The summed E-state index contributed by atoms with van der Waals surface area (Å²) < 4.78 is 5.40. The van der Waals surface area contributed by atoms with Gasteiger partial charge < -0.3 is 10.1 Å². The van der Waals surface area contributed by atoms with Gasteiger partial charge in [-0.25, -0.2) is 0 Å². The number of hydrogen-bond donors (Lipinski definition) is 1. The second-order valence-corrected chi connectivity index (χ2v) is 3.50. The maximum Gasteiger partial charge on any atom is 0.0518 e. The van der Waals surface area contributed by atoms with Crippen molar-refractivity contribution >= 4 is 0 Å². The van der Waals surface area contributed by atoms with Crippen LogP contribution >= 0.6 is 0 Å². The van der Waals surface area contributed by atoms with Crippen molar-refractivity contribution in [1.29, 1.82) is 0 Å². The van der Waals surface area contributed by atoms with Crippen molar-refractivity contribution in [3.63, 3.8) is 0 Å². The Hall–Kier alpha value is -0.0800. The van der Waals surface area contributed by atoms with E-state index in [-0.39, 0.29) is 0 Å². The lowest BCUT2D eigenvalue weighted by molar-refractivity contribution is 0.0770. The largest absolute Gasteiger partial charge is 0.379 e. The SMILES string of the molecule is CC(C)OCCCNC1CC1. The van der Waals surface area contributed by atoms with E-state index in [1.54, 1.807) is 0 Å². The van der Waals surface area contributed by atoms with E-state index in [0.717, 1.165) is 25.6 Å². The van der Waals surface area contributed by atoms with Gasteiger partial charge in [-0.1, -0.05) is 0 Å². The Morgan fingerprint density at radius 3 is 2.73 bits per heavy atom. The van der Waals surface area contributed by atoms with Gasteiger partial charge in [-0.05, 0) is 39.7 Å². The molecule has 66 valence electrons. The molecule has 1 aliphatic carbocycles. The summed E-state index contributed by atoms with van der Waals surface area (Å²) in [7, 11) is 0. The predicted molar refractivity (Wildman–Crippen MR) is 46.7 cm³/mol. The number of ether oxygens (including phenoxy) is 1. The smallest absolute Gasteiger partial charge is 0.0518 e. The van der Waals surface area contributed by atoms with Gasteiger partial charge in [-0.15, -0.1) is 0 Å². The highest BCUT2D eigenvalue weighted by molar-refractivity contribution is 4.80. The molecule has 0 amide bonds. The Kier molecular flexibility index (Phi) is 3.87. The first-order chi connectivity index (χ1) is 5.29. The highest BCUT2D eigenvalue weighted by Gasteiger charge is 2.19. The van der Waals surface area contributed by atoms with E-state index in [1.165, 1.54) is 12.8 Å². The van der Waals surface area contributed by atoms with Crippen LogP contribution in [0.5, 0.6) is 0 Å². The monoisotopic (exact) mass is 157 g/mol. The molecule has 11 heavy (non-hydrogen) atoms. The molecule has 1 N–H and O–H groups in total. The number of nitrogens with one attached hydrogen (secondary N) is 1. The Balaban J connectivity index is 1.73. The van der Waals surface area contributed by atoms with Crippen molar-refractivity contribution < 1.29 is 4.74 Å². The minimum atomic E-state index is 0.385. The van der Waals surface area contributed by atoms with Crippen molar-refractivity contribution in [2.45, 2.75) is 45.3 Å². The topological polar surface area (TPSA) is 21.3 Å². The molecule has 0 atom stereocenters. The van der Waals surface area contributed by atoms with Gasteiger partial charge in [0.05, 0.1) is 6.10 Å². The van der Waals surface area contributed by atoms with E-state index < -0.39 is 0 Å². The third-order valence-electron chi connectivity index (χ3n) is 1.78. The first-order valence-corrected chi connectivity index (χ1v) is 4.64. The van der Waals surface area contributed by atoms with Crippen molar-refractivity contribution in [3.8, 4) is 0 Å². The van der Waals surface area contributed by atoms with E-state index in [0.29, 0.717) is 6.10 Å². The Labute approximate surface area is 69.3 Å². The standard InChI is InChI=1S/C9H19NO/c1-8(2)11-7-3-6-10-9-4-5-9/h8-10H,3-7H2,1-2H3. The fourth-order valence-electron chi connectivity index (χ4n) is 0.985. The molecule has 0 aromatic rings. The van der Waals surface area contributed by atoms with Gasteiger partial charge in [0.15, 0.2) is 0 Å². The maximum atomic E-state index is 5.40. The average molecular weight is 157 g/mol. The zero-order valence-electron chi connectivity index (χ0n) is 7.60. The molecule has 1 aliphatic rings. The van der Waals surface area contributed by atoms with Crippen LogP contribution in [-0.4, -0.2) is 25.3 Å². The molecule has 1 fully saturated rings. The maximum absolute atomic E-state index is 5.40. The molecule has 1 rings (SSSR count). The third-order valence-corrected chi connectivity index (χ3v) is 1.78. The van der Waals surface area contributed by atoms with Crippen LogP contribution in [0.1, 0.15) is 33.1 Å². The molecule has 0 bridgehead atoms. The van der Waals surface area contributed by atoms with Crippen LogP contribution in [0.15, 0.2) is 0 Å². The first kappa shape index (κ1) is 9.01. The van der Waals surface area contributed by atoms with E-state index in [2.05, 4.69) is 19.2 Å². The normalized spacial score (nSPS) is 17.7. The number of rotatable bonds is 6. The number of hydrogen-bond acceptors (Lipinski definition) is 2. The molecule has 0 heterocycles. The van der Waals surface area contributed by atoms with Gasteiger partial charge >= 0.3 is 0 Å². The fraction of sp³-hybridized carbons (Fsp3) is 1.00.